The van der Waals surface area contributed by atoms with Gasteiger partial charge in [0.2, 0.25) is 0 Å². The van der Waals surface area contributed by atoms with E-state index in [0.29, 0.717) is 11.6 Å². The molecule has 0 saturated heterocycles. The van der Waals surface area contributed by atoms with Gasteiger partial charge in [-0.2, -0.15) is 8.78 Å². The molecule has 0 amide bonds. The van der Waals surface area contributed by atoms with Gasteiger partial charge in [0, 0.05) is 11.0 Å². The molecule has 2 aromatic carbocycles. The van der Waals surface area contributed by atoms with E-state index in [1.807, 2.05) is 13.8 Å². The average molecular weight is 418 g/mol. The Hall–Kier alpha value is -2.18. The zero-order valence-electron chi connectivity index (χ0n) is 16.7. The maximum atomic E-state index is 14.0. The lowest BCUT2D eigenvalue weighted by Gasteiger charge is -2.28. The van der Waals surface area contributed by atoms with Crippen LogP contribution >= 0.6 is 0 Å². The lowest BCUT2D eigenvalue weighted by atomic mass is 9.77. The minimum absolute atomic E-state index is 0.0256. The molecule has 0 atom stereocenters. The third-order valence-electron chi connectivity index (χ3n) is 4.75. The fourth-order valence-corrected chi connectivity index (χ4v) is 2.78. The summed E-state index contributed by atoms with van der Waals surface area (Å²) in [4.78, 5) is 0. The Kier molecular flexibility index (Phi) is 6.91. The van der Waals surface area contributed by atoms with Crippen molar-refractivity contribution < 1.29 is 31.1 Å². The van der Waals surface area contributed by atoms with E-state index in [0.717, 1.165) is 25.0 Å². The van der Waals surface area contributed by atoms with Crippen molar-refractivity contribution >= 4 is 0 Å². The molecule has 1 nitrogen and oxygen atoms in total. The number of benzene rings is 2. The summed E-state index contributed by atoms with van der Waals surface area (Å²) in [6, 6.07) is 6.32. The molecule has 0 aromatic heterocycles. The Morgan fingerprint density at radius 3 is 2.03 bits per heavy atom. The fraction of sp³-hybridized carbons (Fsp3) is 0.455. The van der Waals surface area contributed by atoms with Crippen LogP contribution in [0.1, 0.15) is 57.2 Å². The second kappa shape index (κ2) is 8.67. The van der Waals surface area contributed by atoms with Gasteiger partial charge in [0.25, 0.3) is 0 Å². The van der Waals surface area contributed by atoms with Gasteiger partial charge in [-0.05, 0) is 54.3 Å². The van der Waals surface area contributed by atoms with Crippen molar-refractivity contribution in [1.82, 2.24) is 0 Å². The van der Waals surface area contributed by atoms with Crippen LogP contribution in [0.5, 0.6) is 5.75 Å². The molecule has 1 aliphatic carbocycles. The molecule has 0 aliphatic heterocycles. The first-order valence-electron chi connectivity index (χ1n) is 9.46. The van der Waals surface area contributed by atoms with Crippen LogP contribution in [0.2, 0.25) is 0 Å². The van der Waals surface area contributed by atoms with Crippen LogP contribution in [0, 0.1) is 11.6 Å². The molecule has 0 unspecified atom stereocenters. The second-order valence-corrected chi connectivity index (χ2v) is 7.24. The molecule has 1 fully saturated rings. The maximum Gasteiger partial charge on any atom is 0.332 e. The Balaban J connectivity index is 0.00000145. The van der Waals surface area contributed by atoms with E-state index in [4.69, 9.17) is 4.74 Å². The zero-order valence-corrected chi connectivity index (χ0v) is 16.7. The van der Waals surface area contributed by atoms with Crippen molar-refractivity contribution in [3.8, 4) is 5.75 Å². The molecule has 1 aliphatic rings. The molecule has 7 heteroatoms. The van der Waals surface area contributed by atoms with Crippen molar-refractivity contribution in [3.63, 3.8) is 0 Å². The third-order valence-corrected chi connectivity index (χ3v) is 4.75. The lowest BCUT2D eigenvalue weighted by Crippen LogP contribution is -2.26. The van der Waals surface area contributed by atoms with Gasteiger partial charge in [0.1, 0.15) is 5.82 Å². The highest BCUT2D eigenvalue weighted by atomic mass is 19.3. The molecule has 0 bridgehead atoms. The minimum atomic E-state index is -4.48. The molecule has 0 N–H and O–H groups in total. The van der Waals surface area contributed by atoms with E-state index in [1.165, 1.54) is 18.2 Å². The molecule has 0 radical (unpaired) electrons. The predicted octanol–water partition coefficient (Wildman–Crippen LogP) is 7.22. The first-order valence-corrected chi connectivity index (χ1v) is 9.46. The summed E-state index contributed by atoms with van der Waals surface area (Å²) in [6.45, 7) is 7.22. The van der Waals surface area contributed by atoms with Crippen molar-refractivity contribution in [2.45, 2.75) is 64.4 Å². The molecule has 3 rings (SSSR count). The van der Waals surface area contributed by atoms with Crippen LogP contribution in [-0.2, 0) is 11.3 Å². The summed E-state index contributed by atoms with van der Waals surface area (Å²) in [6.07, 6.45) is -2.37. The summed E-state index contributed by atoms with van der Waals surface area (Å²) in [5.74, 6) is -6.06. The smallest absolute Gasteiger partial charge is 0.332 e. The molecule has 160 valence electrons. The number of alkyl halides is 4. The summed E-state index contributed by atoms with van der Waals surface area (Å²) >= 11 is 0. The Bertz CT molecular complexity index is 843. The largest absolute Gasteiger partial charge is 0.487 e. The van der Waals surface area contributed by atoms with E-state index < -0.39 is 35.0 Å². The van der Waals surface area contributed by atoms with E-state index >= 15 is 0 Å². The lowest BCUT2D eigenvalue weighted by molar-refractivity contribution is -0.135. The van der Waals surface area contributed by atoms with Gasteiger partial charge in [-0.15, -0.1) is 0 Å². The summed E-state index contributed by atoms with van der Waals surface area (Å²) in [5.41, 5.74) is -1.60. The number of hydrogen-bond acceptors (Lipinski definition) is 1. The van der Waals surface area contributed by atoms with Crippen LogP contribution in [0.25, 0.3) is 0 Å². The quantitative estimate of drug-likeness (QED) is 0.450. The number of hydrogen-bond donors (Lipinski definition) is 0. The van der Waals surface area contributed by atoms with E-state index in [1.54, 1.807) is 13.8 Å². The van der Waals surface area contributed by atoms with Crippen molar-refractivity contribution in [3.05, 3.63) is 64.7 Å². The topological polar surface area (TPSA) is 9.23 Å². The standard InChI is InChI=1S/C20H18F6O.C2H6/c1-19(2,11-3-6-16(22)17(10-11)27-15-4-5-15)12-7-13(9-14(21)8-12)20(25,26)18(23)24;1-2/h3,6-10,15,18H,4-5H2,1-2H3;1-2H3. The third kappa shape index (κ3) is 5.06. The van der Waals surface area contributed by atoms with Crippen LogP contribution < -0.4 is 4.74 Å². The van der Waals surface area contributed by atoms with Crippen molar-refractivity contribution in [1.29, 1.82) is 0 Å². The molecule has 1 saturated carbocycles. The van der Waals surface area contributed by atoms with Crippen LogP contribution in [0.15, 0.2) is 36.4 Å². The number of rotatable bonds is 6. The van der Waals surface area contributed by atoms with Crippen LogP contribution in [-0.4, -0.2) is 12.5 Å². The molecule has 0 spiro atoms. The van der Waals surface area contributed by atoms with Gasteiger partial charge >= 0.3 is 12.3 Å². The highest BCUT2D eigenvalue weighted by Gasteiger charge is 2.43. The SMILES string of the molecule is CC.CC(C)(c1cc(F)cc(C(F)(F)C(F)F)c1)c1ccc(F)c(OC2CC2)c1. The highest BCUT2D eigenvalue weighted by Crippen LogP contribution is 2.40. The van der Waals surface area contributed by atoms with E-state index in [2.05, 4.69) is 0 Å². The van der Waals surface area contributed by atoms with Gasteiger partial charge in [-0.3, -0.25) is 0 Å². The van der Waals surface area contributed by atoms with Gasteiger partial charge in [0.05, 0.1) is 6.10 Å². The monoisotopic (exact) mass is 418 g/mol. The molecular weight excluding hydrogens is 394 g/mol. The number of ether oxygens (including phenoxy) is 1. The van der Waals surface area contributed by atoms with Gasteiger partial charge in [-0.25, -0.2) is 17.6 Å². The Labute approximate surface area is 166 Å². The molecular formula is C22H24F6O. The number of halogens is 6. The first-order chi connectivity index (χ1) is 13.5. The zero-order chi connectivity index (χ0) is 22.0. The summed E-state index contributed by atoms with van der Waals surface area (Å²) in [7, 11) is 0. The summed E-state index contributed by atoms with van der Waals surface area (Å²) in [5, 5.41) is 0. The Morgan fingerprint density at radius 2 is 1.48 bits per heavy atom. The Morgan fingerprint density at radius 1 is 0.897 bits per heavy atom. The second-order valence-electron chi connectivity index (χ2n) is 7.24. The molecule has 0 heterocycles. The minimum Gasteiger partial charge on any atom is -0.487 e. The first kappa shape index (κ1) is 23.1. The maximum absolute atomic E-state index is 14.0. The van der Waals surface area contributed by atoms with Crippen LogP contribution in [0.4, 0.5) is 26.3 Å². The van der Waals surface area contributed by atoms with Gasteiger partial charge in [0.15, 0.2) is 11.6 Å². The van der Waals surface area contributed by atoms with Crippen molar-refractivity contribution in [2.75, 3.05) is 0 Å². The average Bonchev–Trinajstić information content (AvgIpc) is 3.48. The van der Waals surface area contributed by atoms with Gasteiger partial charge < -0.3 is 4.74 Å². The predicted molar refractivity (Wildman–Crippen MR) is 99.8 cm³/mol. The van der Waals surface area contributed by atoms with Gasteiger partial charge in [-0.1, -0.05) is 33.8 Å². The summed E-state index contributed by atoms with van der Waals surface area (Å²) < 4.78 is 86.1. The van der Waals surface area contributed by atoms with E-state index in [-0.39, 0.29) is 17.4 Å². The van der Waals surface area contributed by atoms with E-state index in [9.17, 15) is 26.3 Å². The fourth-order valence-electron chi connectivity index (χ4n) is 2.78. The molecule has 2 aromatic rings. The van der Waals surface area contributed by atoms with Crippen LogP contribution in [0.3, 0.4) is 0 Å². The highest BCUT2D eigenvalue weighted by molar-refractivity contribution is 5.44. The van der Waals surface area contributed by atoms with Crippen molar-refractivity contribution in [2.24, 2.45) is 0 Å². The molecule has 29 heavy (non-hydrogen) atoms. The normalized spacial score (nSPS) is 14.4.